The molecule has 20 heavy (non-hydrogen) atoms. The molecular weight excluding hydrogens is 256 g/mol. The van der Waals surface area contributed by atoms with Gasteiger partial charge in [0.2, 0.25) is 11.7 Å². The van der Waals surface area contributed by atoms with Gasteiger partial charge in [0, 0.05) is 18.0 Å². The number of aromatic nitrogens is 3. The van der Waals surface area contributed by atoms with Gasteiger partial charge in [0.25, 0.3) is 0 Å². The van der Waals surface area contributed by atoms with Crippen molar-refractivity contribution in [3.8, 4) is 5.75 Å². The van der Waals surface area contributed by atoms with Crippen LogP contribution in [0.15, 0.2) is 16.7 Å². The van der Waals surface area contributed by atoms with Crippen LogP contribution >= 0.6 is 0 Å². The summed E-state index contributed by atoms with van der Waals surface area (Å²) in [6, 6.07) is 3.81. The molecule has 0 saturated heterocycles. The van der Waals surface area contributed by atoms with Crippen molar-refractivity contribution in [2.24, 2.45) is 5.73 Å². The van der Waals surface area contributed by atoms with Crippen molar-refractivity contribution in [3.05, 3.63) is 35.2 Å². The van der Waals surface area contributed by atoms with Crippen LogP contribution in [-0.2, 0) is 13.0 Å². The molecule has 2 aromatic rings. The molecule has 6 nitrogen and oxygen atoms in total. The van der Waals surface area contributed by atoms with Crippen molar-refractivity contribution in [2.75, 3.05) is 6.54 Å². The molecule has 0 fully saturated rings. The summed E-state index contributed by atoms with van der Waals surface area (Å²) in [5, 5.41) is 3.89. The molecule has 0 unspecified atom stereocenters. The molecule has 0 aromatic carbocycles. The lowest BCUT2D eigenvalue weighted by Crippen LogP contribution is -2.08. The average Bonchev–Trinajstić information content (AvgIpc) is 2.87. The number of aryl methyl sites for hydroxylation is 1. The van der Waals surface area contributed by atoms with Crippen LogP contribution in [0.1, 0.15) is 42.9 Å². The highest BCUT2D eigenvalue weighted by molar-refractivity contribution is 5.29. The number of hydrogen-bond acceptors (Lipinski definition) is 6. The summed E-state index contributed by atoms with van der Waals surface area (Å²) >= 11 is 0. The maximum Gasteiger partial charge on any atom is 0.229 e. The van der Waals surface area contributed by atoms with Crippen LogP contribution in [0.4, 0.5) is 0 Å². The molecule has 0 saturated carbocycles. The number of nitrogens with two attached hydrogens (primary N) is 1. The van der Waals surface area contributed by atoms with E-state index >= 15 is 0 Å². The third-order valence-electron chi connectivity index (χ3n) is 2.79. The quantitative estimate of drug-likeness (QED) is 0.868. The van der Waals surface area contributed by atoms with Crippen LogP contribution in [0.3, 0.4) is 0 Å². The summed E-state index contributed by atoms with van der Waals surface area (Å²) in [4.78, 5) is 8.71. The monoisotopic (exact) mass is 276 g/mol. The van der Waals surface area contributed by atoms with E-state index < -0.39 is 0 Å². The van der Waals surface area contributed by atoms with Gasteiger partial charge in [0.15, 0.2) is 6.61 Å². The van der Waals surface area contributed by atoms with Crippen molar-refractivity contribution in [3.63, 3.8) is 0 Å². The molecule has 2 rings (SSSR count). The second-order valence-corrected chi connectivity index (χ2v) is 4.93. The lowest BCUT2D eigenvalue weighted by atomic mass is 10.2. The van der Waals surface area contributed by atoms with E-state index in [0.29, 0.717) is 24.7 Å². The number of hydrogen-bond donors (Lipinski definition) is 1. The van der Waals surface area contributed by atoms with Gasteiger partial charge in [0.1, 0.15) is 5.75 Å². The summed E-state index contributed by atoms with van der Waals surface area (Å²) in [7, 11) is 0. The zero-order valence-corrected chi connectivity index (χ0v) is 12.1. The predicted octanol–water partition coefficient (Wildman–Crippen LogP) is 1.98. The molecule has 0 amide bonds. The minimum Gasteiger partial charge on any atom is -0.484 e. The number of rotatable bonds is 6. The van der Waals surface area contributed by atoms with E-state index in [2.05, 4.69) is 15.1 Å². The summed E-state index contributed by atoms with van der Waals surface area (Å²) in [6.45, 7) is 6.74. The Morgan fingerprint density at radius 3 is 2.75 bits per heavy atom. The van der Waals surface area contributed by atoms with Crippen molar-refractivity contribution in [2.45, 2.75) is 39.7 Å². The SMILES string of the molecule is Cc1ccc(OCc2noc(C(C)C)n2)c(CCN)n1. The largest absolute Gasteiger partial charge is 0.484 e. The lowest BCUT2D eigenvalue weighted by Gasteiger charge is -2.09. The maximum atomic E-state index is 5.72. The van der Waals surface area contributed by atoms with E-state index in [1.165, 1.54) is 0 Å². The number of nitrogens with zero attached hydrogens (tertiary/aromatic N) is 3. The van der Waals surface area contributed by atoms with Gasteiger partial charge in [0.05, 0.1) is 5.69 Å². The molecule has 0 atom stereocenters. The summed E-state index contributed by atoms with van der Waals surface area (Å²) in [5.41, 5.74) is 7.40. The zero-order chi connectivity index (χ0) is 14.5. The average molecular weight is 276 g/mol. The van der Waals surface area contributed by atoms with E-state index in [9.17, 15) is 0 Å². The molecule has 0 spiro atoms. The van der Waals surface area contributed by atoms with Gasteiger partial charge in [-0.25, -0.2) is 0 Å². The van der Waals surface area contributed by atoms with Crippen LogP contribution in [0, 0.1) is 6.92 Å². The molecule has 108 valence electrons. The molecule has 2 N–H and O–H groups in total. The Labute approximate surface area is 118 Å². The minimum atomic E-state index is 0.213. The highest BCUT2D eigenvalue weighted by Crippen LogP contribution is 2.19. The van der Waals surface area contributed by atoms with Gasteiger partial charge in [-0.15, -0.1) is 0 Å². The van der Waals surface area contributed by atoms with Crippen LogP contribution in [0.25, 0.3) is 0 Å². The fourth-order valence-corrected chi connectivity index (χ4v) is 1.75. The standard InChI is InChI=1S/C14H20N4O2/c1-9(2)14-17-13(18-20-14)8-19-12-5-4-10(3)16-11(12)6-7-15/h4-5,9H,6-8,15H2,1-3H3. The van der Waals surface area contributed by atoms with Crippen LogP contribution in [-0.4, -0.2) is 21.7 Å². The first-order chi connectivity index (χ1) is 9.60. The van der Waals surface area contributed by atoms with Crippen LogP contribution in [0.5, 0.6) is 5.75 Å². The zero-order valence-electron chi connectivity index (χ0n) is 12.1. The molecular formula is C14H20N4O2. The van der Waals surface area contributed by atoms with Gasteiger partial charge in [-0.3, -0.25) is 4.98 Å². The maximum absolute atomic E-state index is 5.72. The van der Waals surface area contributed by atoms with E-state index in [4.69, 9.17) is 15.0 Å². The Morgan fingerprint density at radius 1 is 1.30 bits per heavy atom. The fourth-order valence-electron chi connectivity index (χ4n) is 1.75. The molecule has 6 heteroatoms. The van der Waals surface area contributed by atoms with E-state index in [-0.39, 0.29) is 12.5 Å². The smallest absolute Gasteiger partial charge is 0.229 e. The topological polar surface area (TPSA) is 87.1 Å². The van der Waals surface area contributed by atoms with Crippen molar-refractivity contribution < 1.29 is 9.26 Å². The van der Waals surface area contributed by atoms with E-state index in [1.54, 1.807) is 0 Å². The summed E-state index contributed by atoms with van der Waals surface area (Å²) < 4.78 is 10.9. The Bertz CT molecular complexity index is 566. The van der Waals surface area contributed by atoms with E-state index in [0.717, 1.165) is 17.1 Å². The molecule has 0 aliphatic rings. The summed E-state index contributed by atoms with van der Waals surface area (Å²) in [5.74, 6) is 2.09. The van der Waals surface area contributed by atoms with Gasteiger partial charge in [-0.2, -0.15) is 4.98 Å². The third-order valence-corrected chi connectivity index (χ3v) is 2.79. The molecule has 0 aliphatic heterocycles. The Morgan fingerprint density at radius 2 is 2.10 bits per heavy atom. The molecule has 0 aliphatic carbocycles. The van der Waals surface area contributed by atoms with Gasteiger partial charge in [-0.05, 0) is 25.6 Å². The van der Waals surface area contributed by atoms with Crippen molar-refractivity contribution in [1.29, 1.82) is 0 Å². The van der Waals surface area contributed by atoms with Crippen molar-refractivity contribution >= 4 is 0 Å². The Hall–Kier alpha value is -1.95. The second kappa shape index (κ2) is 6.47. The molecule has 0 bridgehead atoms. The minimum absolute atomic E-state index is 0.213. The van der Waals surface area contributed by atoms with Crippen LogP contribution in [0.2, 0.25) is 0 Å². The normalized spacial score (nSPS) is 11.1. The van der Waals surface area contributed by atoms with Gasteiger partial charge in [-0.1, -0.05) is 19.0 Å². The predicted molar refractivity (Wildman–Crippen MR) is 74.5 cm³/mol. The van der Waals surface area contributed by atoms with Crippen molar-refractivity contribution in [1.82, 2.24) is 15.1 Å². The highest BCUT2D eigenvalue weighted by Gasteiger charge is 2.11. The number of ether oxygens (including phenoxy) is 1. The molecule has 2 heterocycles. The first kappa shape index (κ1) is 14.5. The van der Waals surface area contributed by atoms with Gasteiger partial charge < -0.3 is 15.0 Å². The van der Waals surface area contributed by atoms with Crippen LogP contribution < -0.4 is 10.5 Å². The first-order valence-electron chi connectivity index (χ1n) is 6.72. The Balaban J connectivity index is 2.06. The number of pyridine rings is 1. The molecule has 2 aromatic heterocycles. The molecule has 0 radical (unpaired) electrons. The Kier molecular flexibility index (Phi) is 4.68. The third kappa shape index (κ3) is 3.54. The lowest BCUT2D eigenvalue weighted by molar-refractivity contribution is 0.280. The first-order valence-corrected chi connectivity index (χ1v) is 6.72. The highest BCUT2D eigenvalue weighted by atomic mass is 16.5. The van der Waals surface area contributed by atoms with Gasteiger partial charge >= 0.3 is 0 Å². The second-order valence-electron chi connectivity index (χ2n) is 4.93. The fraction of sp³-hybridized carbons (Fsp3) is 0.500. The van der Waals surface area contributed by atoms with E-state index in [1.807, 2.05) is 32.9 Å². The summed E-state index contributed by atoms with van der Waals surface area (Å²) in [6.07, 6.45) is 0.681.